The number of Topliss-reactive ketones (excluding diaryl/α,β-unsaturated/α-hetero) is 2. The molecule has 1 aromatic carbocycles. The Labute approximate surface area is 153 Å². The summed E-state index contributed by atoms with van der Waals surface area (Å²) in [6, 6.07) is 5.13. The molecule has 2 aliphatic heterocycles. The Hall–Kier alpha value is -2.37. The van der Waals surface area contributed by atoms with E-state index in [-0.39, 0.29) is 24.1 Å². The highest BCUT2D eigenvalue weighted by molar-refractivity contribution is 6.10. The number of benzene rings is 1. The molecule has 0 N–H and O–H groups in total. The zero-order valence-corrected chi connectivity index (χ0v) is 15.8. The molecule has 1 amide bonds. The van der Waals surface area contributed by atoms with E-state index in [0.29, 0.717) is 42.8 Å². The van der Waals surface area contributed by atoms with Crippen LogP contribution in [-0.2, 0) is 4.74 Å². The van der Waals surface area contributed by atoms with Gasteiger partial charge in [0.15, 0.2) is 11.6 Å². The first-order chi connectivity index (χ1) is 12.1. The summed E-state index contributed by atoms with van der Waals surface area (Å²) in [7, 11) is 0. The van der Waals surface area contributed by atoms with Crippen molar-refractivity contribution < 1.29 is 23.9 Å². The number of piperidine rings is 1. The van der Waals surface area contributed by atoms with Gasteiger partial charge in [-0.15, -0.1) is 0 Å². The number of ketones is 2. The van der Waals surface area contributed by atoms with Crippen LogP contribution in [0.5, 0.6) is 5.75 Å². The highest BCUT2D eigenvalue weighted by Gasteiger charge is 2.45. The molecule has 1 saturated heterocycles. The molecule has 140 valence electrons. The van der Waals surface area contributed by atoms with Crippen molar-refractivity contribution in [3.63, 3.8) is 0 Å². The van der Waals surface area contributed by atoms with E-state index < -0.39 is 11.2 Å². The molecule has 0 saturated carbocycles. The molecule has 2 aliphatic rings. The van der Waals surface area contributed by atoms with Crippen LogP contribution in [0.25, 0.3) is 0 Å². The van der Waals surface area contributed by atoms with Crippen LogP contribution in [0.15, 0.2) is 18.2 Å². The van der Waals surface area contributed by atoms with Crippen LogP contribution in [0, 0.1) is 0 Å². The molecular weight excluding hydrogens is 334 g/mol. The molecule has 0 radical (unpaired) electrons. The van der Waals surface area contributed by atoms with Gasteiger partial charge in [0.05, 0.1) is 12.0 Å². The van der Waals surface area contributed by atoms with Crippen LogP contribution in [0.2, 0.25) is 0 Å². The van der Waals surface area contributed by atoms with Crippen LogP contribution in [-0.4, -0.2) is 46.9 Å². The summed E-state index contributed by atoms with van der Waals surface area (Å²) in [6.07, 6.45) is 1.00. The minimum absolute atomic E-state index is 0.0669. The number of ether oxygens (including phenoxy) is 2. The Balaban J connectivity index is 1.75. The van der Waals surface area contributed by atoms with Gasteiger partial charge in [-0.25, -0.2) is 4.79 Å². The van der Waals surface area contributed by atoms with Gasteiger partial charge < -0.3 is 14.4 Å². The third kappa shape index (κ3) is 3.59. The lowest BCUT2D eigenvalue weighted by molar-refractivity contribution is -0.0227. The Bertz CT molecular complexity index is 754. The standard InChI is InChI=1S/C20H25NO5/c1-13(22)14-6-5-7-16-17(14)15(23)12-20(25-16)8-10-21(11-9-20)18(24)26-19(2,3)4/h5-7H,8-12H2,1-4H3. The predicted molar refractivity (Wildman–Crippen MR) is 95.8 cm³/mol. The van der Waals surface area contributed by atoms with Gasteiger partial charge >= 0.3 is 6.09 Å². The van der Waals surface area contributed by atoms with Crippen molar-refractivity contribution in [2.24, 2.45) is 0 Å². The molecule has 26 heavy (non-hydrogen) atoms. The van der Waals surface area contributed by atoms with E-state index >= 15 is 0 Å². The molecule has 1 aromatic rings. The van der Waals surface area contributed by atoms with E-state index in [1.165, 1.54) is 6.92 Å². The third-order valence-corrected chi connectivity index (χ3v) is 4.82. The van der Waals surface area contributed by atoms with Crippen LogP contribution >= 0.6 is 0 Å². The lowest BCUT2D eigenvalue weighted by atomic mass is 9.81. The molecule has 0 aliphatic carbocycles. The molecule has 6 heteroatoms. The maximum absolute atomic E-state index is 12.7. The molecule has 3 rings (SSSR count). The summed E-state index contributed by atoms with van der Waals surface area (Å²) in [5.74, 6) is 0.261. The Morgan fingerprint density at radius 3 is 2.42 bits per heavy atom. The first kappa shape index (κ1) is 18.4. The average molecular weight is 359 g/mol. The lowest BCUT2D eigenvalue weighted by Gasteiger charge is -2.44. The van der Waals surface area contributed by atoms with Crippen molar-refractivity contribution >= 4 is 17.7 Å². The van der Waals surface area contributed by atoms with E-state index in [9.17, 15) is 14.4 Å². The zero-order chi connectivity index (χ0) is 19.1. The number of hydrogen-bond donors (Lipinski definition) is 0. The van der Waals surface area contributed by atoms with Crippen LogP contribution in [0.4, 0.5) is 4.79 Å². The van der Waals surface area contributed by atoms with Gasteiger partial charge in [0.2, 0.25) is 0 Å². The van der Waals surface area contributed by atoms with Crippen LogP contribution in [0.3, 0.4) is 0 Å². The second-order valence-corrected chi connectivity index (χ2v) is 8.09. The number of fused-ring (bicyclic) bond motifs is 1. The van der Waals surface area contributed by atoms with E-state index in [4.69, 9.17) is 9.47 Å². The molecule has 6 nitrogen and oxygen atoms in total. The van der Waals surface area contributed by atoms with Crippen molar-refractivity contribution in [2.75, 3.05) is 13.1 Å². The summed E-state index contributed by atoms with van der Waals surface area (Å²) in [6.45, 7) is 7.91. The third-order valence-electron chi connectivity index (χ3n) is 4.82. The van der Waals surface area contributed by atoms with Crippen molar-refractivity contribution in [3.8, 4) is 5.75 Å². The summed E-state index contributed by atoms with van der Waals surface area (Å²) in [5, 5.41) is 0. The van der Waals surface area contributed by atoms with Crippen molar-refractivity contribution in [2.45, 2.75) is 58.2 Å². The number of rotatable bonds is 1. The molecule has 0 bridgehead atoms. The predicted octanol–water partition coefficient (Wildman–Crippen LogP) is 3.62. The molecule has 1 fully saturated rings. The van der Waals surface area contributed by atoms with Crippen LogP contribution in [0.1, 0.15) is 67.7 Å². The second-order valence-electron chi connectivity index (χ2n) is 8.09. The Morgan fingerprint density at radius 2 is 1.85 bits per heavy atom. The monoisotopic (exact) mass is 359 g/mol. The first-order valence-corrected chi connectivity index (χ1v) is 8.94. The average Bonchev–Trinajstić information content (AvgIpc) is 2.53. The number of nitrogens with zero attached hydrogens (tertiary/aromatic N) is 1. The van der Waals surface area contributed by atoms with Gasteiger partial charge in [0.1, 0.15) is 17.0 Å². The smallest absolute Gasteiger partial charge is 0.410 e. The van der Waals surface area contributed by atoms with Gasteiger partial charge in [0.25, 0.3) is 0 Å². The Morgan fingerprint density at radius 1 is 1.19 bits per heavy atom. The minimum Gasteiger partial charge on any atom is -0.486 e. The van der Waals surface area contributed by atoms with Gasteiger partial charge in [-0.3, -0.25) is 9.59 Å². The summed E-state index contributed by atoms with van der Waals surface area (Å²) in [4.78, 5) is 38.4. The van der Waals surface area contributed by atoms with E-state index in [1.807, 2.05) is 20.8 Å². The first-order valence-electron chi connectivity index (χ1n) is 8.94. The number of carbonyl (C=O) groups excluding carboxylic acids is 3. The maximum Gasteiger partial charge on any atom is 0.410 e. The number of carbonyl (C=O) groups is 3. The topological polar surface area (TPSA) is 72.9 Å². The quantitative estimate of drug-likeness (QED) is 0.716. The van der Waals surface area contributed by atoms with Crippen molar-refractivity contribution in [1.82, 2.24) is 4.90 Å². The highest BCUT2D eigenvalue weighted by Crippen LogP contribution is 2.40. The van der Waals surface area contributed by atoms with Gasteiger partial charge in [-0.2, -0.15) is 0 Å². The molecule has 2 heterocycles. The number of likely N-dealkylation sites (tertiary alicyclic amines) is 1. The molecule has 0 unspecified atom stereocenters. The van der Waals surface area contributed by atoms with Gasteiger partial charge in [-0.1, -0.05) is 12.1 Å². The SMILES string of the molecule is CC(=O)c1cccc2c1C(=O)CC1(CCN(C(=O)OC(C)(C)C)CC1)O2. The van der Waals surface area contributed by atoms with Crippen molar-refractivity contribution in [1.29, 1.82) is 0 Å². The maximum atomic E-state index is 12.7. The van der Waals surface area contributed by atoms with E-state index in [0.717, 1.165) is 0 Å². The van der Waals surface area contributed by atoms with Crippen LogP contribution < -0.4 is 4.74 Å². The largest absolute Gasteiger partial charge is 0.486 e. The highest BCUT2D eigenvalue weighted by atomic mass is 16.6. The fourth-order valence-electron chi connectivity index (χ4n) is 3.55. The normalized spacial score (nSPS) is 18.9. The summed E-state index contributed by atoms with van der Waals surface area (Å²) < 4.78 is 11.6. The van der Waals surface area contributed by atoms with E-state index in [1.54, 1.807) is 23.1 Å². The van der Waals surface area contributed by atoms with Crippen molar-refractivity contribution in [3.05, 3.63) is 29.3 Å². The molecule has 0 atom stereocenters. The fraction of sp³-hybridized carbons (Fsp3) is 0.550. The van der Waals surface area contributed by atoms with Gasteiger partial charge in [-0.05, 0) is 33.8 Å². The molecule has 0 aromatic heterocycles. The summed E-state index contributed by atoms with van der Waals surface area (Å²) >= 11 is 0. The lowest BCUT2D eigenvalue weighted by Crippen LogP contribution is -2.53. The minimum atomic E-state index is -0.613. The second kappa shape index (κ2) is 6.41. The van der Waals surface area contributed by atoms with Gasteiger partial charge in [0, 0.05) is 31.5 Å². The summed E-state index contributed by atoms with van der Waals surface area (Å²) in [5.41, 5.74) is -0.349. The zero-order valence-electron chi connectivity index (χ0n) is 15.8. The fourth-order valence-corrected chi connectivity index (χ4v) is 3.55. The number of amides is 1. The van der Waals surface area contributed by atoms with E-state index in [2.05, 4.69) is 0 Å². The Kier molecular flexibility index (Phi) is 4.54. The number of hydrogen-bond acceptors (Lipinski definition) is 5. The molecule has 1 spiro atoms. The molecular formula is C20H25NO5.